The first-order valence-electron chi connectivity index (χ1n) is 10.5. The second-order valence-corrected chi connectivity index (χ2v) is 8.78. The van der Waals surface area contributed by atoms with Crippen LogP contribution in [-0.4, -0.2) is 55.6 Å². The molecule has 0 bridgehead atoms. The van der Waals surface area contributed by atoms with Gasteiger partial charge in [-0.25, -0.2) is 0 Å². The lowest BCUT2D eigenvalue weighted by molar-refractivity contribution is -0.0328. The molecule has 1 fully saturated rings. The molecule has 0 atom stereocenters. The van der Waals surface area contributed by atoms with E-state index >= 15 is 0 Å². The van der Waals surface area contributed by atoms with E-state index in [0.29, 0.717) is 6.54 Å². The standard InChI is InChI=1S/C23H28F3N3OS/c1-18-7-6-8-19(17-18)29-15-13-28(14-16-29)12-5-4-11-27-22(30)20-9-2-3-10-21(20)31-23(24,25)26/h2-3,6-10,17H,4-5,11-16H2,1H3,(H,27,30). The molecular weight excluding hydrogens is 423 g/mol. The first-order chi connectivity index (χ1) is 14.8. The summed E-state index contributed by atoms with van der Waals surface area (Å²) in [5.74, 6) is -0.459. The van der Waals surface area contributed by atoms with Gasteiger partial charge in [-0.05, 0) is 67.9 Å². The second kappa shape index (κ2) is 10.9. The van der Waals surface area contributed by atoms with Gasteiger partial charge < -0.3 is 10.2 Å². The van der Waals surface area contributed by atoms with E-state index in [2.05, 4.69) is 46.3 Å². The maximum Gasteiger partial charge on any atom is 0.446 e. The van der Waals surface area contributed by atoms with E-state index in [1.807, 2.05) is 0 Å². The normalized spacial score (nSPS) is 15.2. The number of alkyl halides is 3. The number of hydrogen-bond donors (Lipinski definition) is 1. The van der Waals surface area contributed by atoms with Crippen LogP contribution in [0.1, 0.15) is 28.8 Å². The number of amides is 1. The van der Waals surface area contributed by atoms with Crippen molar-refractivity contribution >= 4 is 23.4 Å². The van der Waals surface area contributed by atoms with Crippen molar-refractivity contribution in [2.75, 3.05) is 44.2 Å². The number of carbonyl (C=O) groups excluding carboxylic acids is 1. The van der Waals surface area contributed by atoms with Crippen LogP contribution < -0.4 is 10.2 Å². The number of rotatable bonds is 8. The summed E-state index contributed by atoms with van der Waals surface area (Å²) in [5.41, 5.74) is -1.82. The van der Waals surface area contributed by atoms with Gasteiger partial charge in [-0.2, -0.15) is 13.2 Å². The molecule has 2 aromatic rings. The van der Waals surface area contributed by atoms with E-state index < -0.39 is 11.4 Å². The highest BCUT2D eigenvalue weighted by molar-refractivity contribution is 8.00. The van der Waals surface area contributed by atoms with Crippen LogP contribution in [0.25, 0.3) is 0 Å². The SMILES string of the molecule is Cc1cccc(N2CCN(CCCCNC(=O)c3ccccc3SC(F)(F)F)CC2)c1. The summed E-state index contributed by atoms with van der Waals surface area (Å²) in [6.45, 7) is 7.50. The monoisotopic (exact) mass is 451 g/mol. The third-order valence-electron chi connectivity index (χ3n) is 5.28. The summed E-state index contributed by atoms with van der Waals surface area (Å²) < 4.78 is 38.0. The van der Waals surface area contributed by atoms with Gasteiger partial charge in [-0.15, -0.1) is 0 Å². The van der Waals surface area contributed by atoms with Crippen molar-refractivity contribution in [2.45, 2.75) is 30.2 Å². The Labute approximate surface area is 185 Å². The summed E-state index contributed by atoms with van der Waals surface area (Å²) in [6, 6.07) is 14.4. The molecule has 2 aromatic carbocycles. The number of carbonyl (C=O) groups is 1. The molecule has 0 saturated carbocycles. The van der Waals surface area contributed by atoms with Gasteiger partial charge in [0.2, 0.25) is 0 Å². The fraction of sp³-hybridized carbons (Fsp3) is 0.435. The molecule has 1 N–H and O–H groups in total. The van der Waals surface area contributed by atoms with E-state index in [4.69, 9.17) is 0 Å². The number of hydrogen-bond acceptors (Lipinski definition) is 4. The minimum absolute atomic E-state index is 0.0668. The zero-order chi connectivity index (χ0) is 22.3. The van der Waals surface area contributed by atoms with Crippen LogP contribution in [0.15, 0.2) is 53.4 Å². The number of nitrogens with zero attached hydrogens (tertiary/aromatic N) is 2. The molecule has 1 saturated heterocycles. The Balaban J connectivity index is 1.35. The average Bonchev–Trinajstić information content (AvgIpc) is 2.73. The largest absolute Gasteiger partial charge is 0.446 e. The number of benzene rings is 2. The maximum atomic E-state index is 12.7. The summed E-state index contributed by atoms with van der Waals surface area (Å²) in [6.07, 6.45) is 1.72. The van der Waals surface area contributed by atoms with Crippen molar-refractivity contribution in [2.24, 2.45) is 0 Å². The van der Waals surface area contributed by atoms with Crippen molar-refractivity contribution in [3.05, 3.63) is 59.7 Å². The number of aryl methyl sites for hydroxylation is 1. The Kier molecular flexibility index (Phi) is 8.26. The fourth-order valence-electron chi connectivity index (χ4n) is 3.68. The topological polar surface area (TPSA) is 35.6 Å². The van der Waals surface area contributed by atoms with Crippen molar-refractivity contribution < 1.29 is 18.0 Å². The maximum absolute atomic E-state index is 12.7. The summed E-state index contributed by atoms with van der Waals surface area (Å²) in [5, 5.41) is 2.75. The molecule has 0 aromatic heterocycles. The van der Waals surface area contributed by atoms with Crippen LogP contribution in [-0.2, 0) is 0 Å². The fourth-order valence-corrected chi connectivity index (χ4v) is 4.35. The zero-order valence-corrected chi connectivity index (χ0v) is 18.4. The van der Waals surface area contributed by atoms with Gasteiger partial charge >= 0.3 is 5.51 Å². The van der Waals surface area contributed by atoms with Gasteiger partial charge in [-0.3, -0.25) is 9.69 Å². The van der Waals surface area contributed by atoms with Gasteiger partial charge in [0.25, 0.3) is 5.91 Å². The molecule has 4 nitrogen and oxygen atoms in total. The van der Waals surface area contributed by atoms with E-state index in [9.17, 15) is 18.0 Å². The molecule has 0 spiro atoms. The molecule has 31 heavy (non-hydrogen) atoms. The summed E-state index contributed by atoms with van der Waals surface area (Å²) >= 11 is -0.254. The molecule has 1 heterocycles. The number of thioether (sulfide) groups is 1. The highest BCUT2D eigenvalue weighted by atomic mass is 32.2. The molecule has 1 aliphatic rings. The van der Waals surface area contributed by atoms with Crippen LogP contribution in [0.5, 0.6) is 0 Å². The minimum Gasteiger partial charge on any atom is -0.369 e. The van der Waals surface area contributed by atoms with Gasteiger partial charge in [0.05, 0.1) is 5.56 Å². The molecule has 0 radical (unpaired) electrons. The van der Waals surface area contributed by atoms with Crippen LogP contribution in [0.4, 0.5) is 18.9 Å². The van der Waals surface area contributed by atoms with Crippen LogP contribution in [0.3, 0.4) is 0 Å². The first kappa shape index (κ1) is 23.5. The lowest BCUT2D eigenvalue weighted by atomic mass is 10.2. The third kappa shape index (κ3) is 7.47. The molecule has 0 unspecified atom stereocenters. The molecule has 1 amide bonds. The number of anilines is 1. The molecule has 168 valence electrons. The summed E-state index contributed by atoms with van der Waals surface area (Å²) in [4.78, 5) is 17.1. The van der Waals surface area contributed by atoms with Crippen LogP contribution in [0.2, 0.25) is 0 Å². The molecular formula is C23H28F3N3OS. The van der Waals surface area contributed by atoms with Gasteiger partial charge in [0.1, 0.15) is 0 Å². The van der Waals surface area contributed by atoms with Crippen molar-refractivity contribution in [1.29, 1.82) is 0 Å². The predicted molar refractivity (Wildman–Crippen MR) is 120 cm³/mol. The Bertz CT molecular complexity index is 867. The number of nitrogens with one attached hydrogen (secondary N) is 1. The Morgan fingerprint density at radius 1 is 1.03 bits per heavy atom. The Morgan fingerprint density at radius 2 is 1.77 bits per heavy atom. The third-order valence-corrected chi connectivity index (χ3v) is 6.09. The van der Waals surface area contributed by atoms with Crippen molar-refractivity contribution in [3.8, 4) is 0 Å². The van der Waals surface area contributed by atoms with E-state index in [0.717, 1.165) is 45.6 Å². The first-order valence-corrected chi connectivity index (χ1v) is 11.3. The lowest BCUT2D eigenvalue weighted by Crippen LogP contribution is -2.46. The second-order valence-electron chi connectivity index (χ2n) is 7.67. The highest BCUT2D eigenvalue weighted by Crippen LogP contribution is 2.38. The number of unbranched alkanes of at least 4 members (excludes halogenated alkanes) is 1. The lowest BCUT2D eigenvalue weighted by Gasteiger charge is -2.36. The van der Waals surface area contributed by atoms with Crippen LogP contribution >= 0.6 is 11.8 Å². The molecule has 3 rings (SSSR count). The quantitative estimate of drug-likeness (QED) is 0.456. The highest BCUT2D eigenvalue weighted by Gasteiger charge is 2.31. The van der Waals surface area contributed by atoms with E-state index in [-0.39, 0.29) is 22.2 Å². The number of piperazine rings is 1. The Morgan fingerprint density at radius 3 is 2.48 bits per heavy atom. The molecule has 0 aliphatic carbocycles. The van der Waals surface area contributed by atoms with Crippen molar-refractivity contribution in [3.63, 3.8) is 0 Å². The zero-order valence-electron chi connectivity index (χ0n) is 17.6. The van der Waals surface area contributed by atoms with Crippen molar-refractivity contribution in [1.82, 2.24) is 10.2 Å². The average molecular weight is 452 g/mol. The molecule has 1 aliphatic heterocycles. The van der Waals surface area contributed by atoms with Gasteiger partial charge in [0, 0.05) is 43.3 Å². The summed E-state index contributed by atoms with van der Waals surface area (Å²) in [7, 11) is 0. The van der Waals surface area contributed by atoms with E-state index in [1.165, 1.54) is 29.4 Å². The molecule has 8 heteroatoms. The van der Waals surface area contributed by atoms with E-state index in [1.54, 1.807) is 6.07 Å². The predicted octanol–water partition coefficient (Wildman–Crippen LogP) is 4.94. The smallest absolute Gasteiger partial charge is 0.369 e. The number of halogens is 3. The van der Waals surface area contributed by atoms with Crippen LogP contribution in [0, 0.1) is 6.92 Å². The Hall–Kier alpha value is -2.19. The minimum atomic E-state index is -4.42. The van der Waals surface area contributed by atoms with Gasteiger partial charge in [-0.1, -0.05) is 24.3 Å². The van der Waals surface area contributed by atoms with Gasteiger partial charge in [0.15, 0.2) is 0 Å².